The summed E-state index contributed by atoms with van der Waals surface area (Å²) in [6, 6.07) is 9.67. The summed E-state index contributed by atoms with van der Waals surface area (Å²) < 4.78 is 33.4. The first-order chi connectivity index (χ1) is 10.6. The van der Waals surface area contributed by atoms with Gasteiger partial charge in [0.1, 0.15) is 0 Å². The van der Waals surface area contributed by atoms with E-state index in [1.54, 1.807) is 6.07 Å². The van der Waals surface area contributed by atoms with Crippen LogP contribution in [0.15, 0.2) is 24.3 Å². The molecule has 3 rings (SSSR count). The fourth-order valence-electron chi connectivity index (χ4n) is 2.99. The summed E-state index contributed by atoms with van der Waals surface area (Å²) in [5, 5.41) is 8.75. The minimum atomic E-state index is -3.32. The Hall–Kier alpha value is -1.42. The van der Waals surface area contributed by atoms with Gasteiger partial charge in [0.25, 0.3) is 0 Å². The van der Waals surface area contributed by atoms with Crippen molar-refractivity contribution in [1.82, 2.24) is 4.72 Å². The lowest BCUT2D eigenvalue weighted by atomic mass is 9.91. The Morgan fingerprint density at radius 3 is 2.77 bits per heavy atom. The maximum Gasteiger partial charge on any atom is 0.215 e. The Morgan fingerprint density at radius 1 is 1.27 bits per heavy atom. The Kier molecular flexibility index (Phi) is 4.48. The molecule has 0 bridgehead atoms. The van der Waals surface area contributed by atoms with E-state index in [2.05, 4.69) is 10.8 Å². The fraction of sp³-hybridized carbons (Fsp3) is 0.562. The number of nitrogens with zero attached hydrogens (tertiary/aromatic N) is 1. The number of hydrogen-bond donors (Lipinski definition) is 1. The molecule has 0 spiro atoms. The smallest absolute Gasteiger partial charge is 0.215 e. The molecule has 5 nitrogen and oxygen atoms in total. The molecule has 1 aliphatic carbocycles. The van der Waals surface area contributed by atoms with Gasteiger partial charge in [-0.05, 0) is 37.3 Å². The van der Waals surface area contributed by atoms with Gasteiger partial charge in [-0.1, -0.05) is 18.2 Å². The van der Waals surface area contributed by atoms with Crippen LogP contribution in [-0.4, -0.2) is 32.9 Å². The zero-order valence-corrected chi connectivity index (χ0v) is 13.2. The van der Waals surface area contributed by atoms with Crippen LogP contribution < -0.4 is 4.72 Å². The van der Waals surface area contributed by atoms with E-state index >= 15 is 0 Å². The predicted molar refractivity (Wildman–Crippen MR) is 82.7 cm³/mol. The summed E-state index contributed by atoms with van der Waals surface area (Å²) in [7, 11) is -3.32. The van der Waals surface area contributed by atoms with Gasteiger partial charge in [0.2, 0.25) is 10.0 Å². The third-order valence-corrected chi connectivity index (χ3v) is 6.41. The van der Waals surface area contributed by atoms with Gasteiger partial charge in [-0.15, -0.1) is 0 Å². The highest BCUT2D eigenvalue weighted by molar-refractivity contribution is 7.90. The van der Waals surface area contributed by atoms with Crippen LogP contribution in [0, 0.1) is 17.2 Å². The van der Waals surface area contributed by atoms with Crippen LogP contribution in [0.5, 0.6) is 0 Å². The van der Waals surface area contributed by atoms with Crippen LogP contribution in [0.1, 0.15) is 30.4 Å². The quantitative estimate of drug-likeness (QED) is 0.893. The van der Waals surface area contributed by atoms with Gasteiger partial charge < -0.3 is 4.74 Å². The number of rotatable bonds is 5. The molecule has 1 aromatic carbocycles. The topological polar surface area (TPSA) is 79.2 Å². The molecular weight excluding hydrogens is 300 g/mol. The Balaban J connectivity index is 1.79. The molecule has 0 radical (unpaired) electrons. The van der Waals surface area contributed by atoms with Gasteiger partial charge in [-0.25, -0.2) is 13.1 Å². The van der Waals surface area contributed by atoms with Crippen molar-refractivity contribution in [2.45, 2.75) is 37.0 Å². The Labute approximate surface area is 131 Å². The number of nitriles is 1. The monoisotopic (exact) mass is 320 g/mol. The lowest BCUT2D eigenvalue weighted by Crippen LogP contribution is -2.45. The van der Waals surface area contributed by atoms with E-state index in [1.165, 1.54) is 0 Å². The van der Waals surface area contributed by atoms with Crippen molar-refractivity contribution in [3.05, 3.63) is 35.4 Å². The molecule has 22 heavy (non-hydrogen) atoms. The first-order valence-electron chi connectivity index (χ1n) is 7.67. The lowest BCUT2D eigenvalue weighted by Gasteiger charge is -2.31. The summed E-state index contributed by atoms with van der Waals surface area (Å²) in [4.78, 5) is 0. The second kappa shape index (κ2) is 6.37. The highest BCUT2D eigenvalue weighted by Gasteiger charge is 2.39. The van der Waals surface area contributed by atoms with E-state index in [4.69, 9.17) is 4.74 Å². The SMILES string of the molecule is N#Cc1ccccc1C[C@@H]1COCC[C@@H]1S(=O)(=O)NC1CC1. The summed E-state index contributed by atoms with van der Waals surface area (Å²) in [6.45, 7) is 0.905. The molecule has 1 N–H and O–H groups in total. The number of nitrogens with one attached hydrogen (secondary N) is 1. The molecule has 1 saturated carbocycles. The minimum Gasteiger partial charge on any atom is -0.381 e. The van der Waals surface area contributed by atoms with Gasteiger partial charge >= 0.3 is 0 Å². The molecule has 6 heteroatoms. The van der Waals surface area contributed by atoms with Crippen LogP contribution in [0.3, 0.4) is 0 Å². The van der Waals surface area contributed by atoms with E-state index in [9.17, 15) is 13.7 Å². The zero-order chi connectivity index (χ0) is 15.6. The van der Waals surface area contributed by atoms with E-state index in [-0.39, 0.29) is 12.0 Å². The maximum absolute atomic E-state index is 12.6. The first kappa shape index (κ1) is 15.5. The van der Waals surface area contributed by atoms with Crippen molar-refractivity contribution in [1.29, 1.82) is 5.26 Å². The number of ether oxygens (including phenoxy) is 1. The van der Waals surface area contributed by atoms with Crippen molar-refractivity contribution in [2.24, 2.45) is 5.92 Å². The molecule has 1 aromatic rings. The summed E-state index contributed by atoms with van der Waals surface area (Å²) >= 11 is 0. The van der Waals surface area contributed by atoms with Crippen LogP contribution >= 0.6 is 0 Å². The van der Waals surface area contributed by atoms with Crippen LogP contribution in [0.2, 0.25) is 0 Å². The Bertz CT molecular complexity index is 677. The molecule has 0 aromatic heterocycles. The second-order valence-electron chi connectivity index (χ2n) is 6.07. The third-order valence-electron chi connectivity index (χ3n) is 4.33. The number of hydrogen-bond acceptors (Lipinski definition) is 4. The summed E-state index contributed by atoms with van der Waals surface area (Å²) in [5.74, 6) is -0.112. The third kappa shape index (κ3) is 3.49. The highest BCUT2D eigenvalue weighted by Crippen LogP contribution is 2.28. The van der Waals surface area contributed by atoms with Gasteiger partial charge in [0.05, 0.1) is 23.5 Å². The van der Waals surface area contributed by atoms with Gasteiger partial charge in [0, 0.05) is 18.6 Å². The second-order valence-corrected chi connectivity index (χ2v) is 8.00. The van der Waals surface area contributed by atoms with Crippen molar-refractivity contribution in [3.63, 3.8) is 0 Å². The minimum absolute atomic E-state index is 0.112. The van der Waals surface area contributed by atoms with E-state index < -0.39 is 15.3 Å². The zero-order valence-electron chi connectivity index (χ0n) is 12.4. The van der Waals surface area contributed by atoms with E-state index in [1.807, 2.05) is 18.2 Å². The van der Waals surface area contributed by atoms with Crippen LogP contribution in [0.25, 0.3) is 0 Å². The molecule has 2 aliphatic rings. The molecule has 0 unspecified atom stereocenters. The van der Waals surface area contributed by atoms with Gasteiger partial charge in [-0.2, -0.15) is 5.26 Å². The fourth-order valence-corrected chi connectivity index (χ4v) is 4.95. The molecule has 1 aliphatic heterocycles. The average Bonchev–Trinajstić information content (AvgIpc) is 3.31. The number of sulfonamides is 1. The normalized spacial score (nSPS) is 25.6. The molecule has 118 valence electrons. The first-order valence-corrected chi connectivity index (χ1v) is 9.21. The molecule has 0 amide bonds. The maximum atomic E-state index is 12.6. The standard InChI is InChI=1S/C16H20N2O3S/c17-10-13-4-2-1-3-12(13)9-14-11-21-8-7-16(14)22(19,20)18-15-5-6-15/h1-4,14-16,18H,5-9,11H2/t14-,16+/m1/s1. The van der Waals surface area contributed by atoms with E-state index in [0.29, 0.717) is 31.6 Å². The predicted octanol–water partition coefficient (Wildman–Crippen LogP) is 1.59. The largest absolute Gasteiger partial charge is 0.381 e. The lowest BCUT2D eigenvalue weighted by molar-refractivity contribution is 0.0570. The molecule has 1 saturated heterocycles. The molecule has 2 fully saturated rings. The van der Waals surface area contributed by atoms with Crippen molar-refractivity contribution in [3.8, 4) is 6.07 Å². The van der Waals surface area contributed by atoms with Crippen LogP contribution in [0.4, 0.5) is 0 Å². The average molecular weight is 320 g/mol. The van der Waals surface area contributed by atoms with Crippen LogP contribution in [-0.2, 0) is 21.2 Å². The summed E-state index contributed by atoms with van der Waals surface area (Å²) in [5.41, 5.74) is 1.51. The molecule has 2 atom stereocenters. The van der Waals surface area contributed by atoms with Gasteiger partial charge in [0.15, 0.2) is 0 Å². The highest BCUT2D eigenvalue weighted by atomic mass is 32.2. The van der Waals surface area contributed by atoms with E-state index in [0.717, 1.165) is 18.4 Å². The van der Waals surface area contributed by atoms with Gasteiger partial charge in [-0.3, -0.25) is 0 Å². The van der Waals surface area contributed by atoms with Crippen molar-refractivity contribution < 1.29 is 13.2 Å². The number of benzene rings is 1. The summed E-state index contributed by atoms with van der Waals surface area (Å²) in [6.07, 6.45) is 2.94. The van der Waals surface area contributed by atoms with Crippen molar-refractivity contribution in [2.75, 3.05) is 13.2 Å². The Morgan fingerprint density at radius 2 is 2.05 bits per heavy atom. The van der Waals surface area contributed by atoms with Crippen molar-refractivity contribution >= 4 is 10.0 Å². The molecule has 1 heterocycles. The molecular formula is C16H20N2O3S.